The summed E-state index contributed by atoms with van der Waals surface area (Å²) < 4.78 is 0. The highest BCUT2D eigenvalue weighted by atomic mass is 35.5. The molecule has 0 fully saturated rings. The van der Waals surface area contributed by atoms with Crippen LogP contribution in [0.3, 0.4) is 0 Å². The van der Waals surface area contributed by atoms with Gasteiger partial charge in [0.1, 0.15) is 0 Å². The van der Waals surface area contributed by atoms with Crippen LogP contribution in [0.5, 0.6) is 0 Å². The Labute approximate surface area is 116 Å². The highest BCUT2D eigenvalue weighted by molar-refractivity contribution is 6.67. The highest BCUT2D eigenvalue weighted by Gasteiger charge is 2.02. The standard InChI is InChI=1S/C8H7ClO.C7H6O2/c1-6-4-2-3-5-7(6)8(9)10;8-7(9)6-4-2-1-3-5-6/h2-5H,1H3;1-5H,(H,8,9). The molecule has 1 N–H and O–H groups in total. The zero-order chi connectivity index (χ0) is 14.3. The number of hydrogen-bond donors (Lipinski definition) is 1. The molecule has 98 valence electrons. The van der Waals surface area contributed by atoms with Crippen molar-refractivity contribution in [1.82, 2.24) is 0 Å². The van der Waals surface area contributed by atoms with E-state index in [0.29, 0.717) is 11.1 Å². The van der Waals surface area contributed by atoms with Crippen molar-refractivity contribution < 1.29 is 14.7 Å². The molecule has 3 nitrogen and oxygen atoms in total. The zero-order valence-electron chi connectivity index (χ0n) is 10.3. The first-order valence-corrected chi connectivity index (χ1v) is 5.94. The first-order valence-electron chi connectivity index (χ1n) is 5.56. The fourth-order valence-electron chi connectivity index (χ4n) is 1.37. The molecule has 0 amide bonds. The number of benzene rings is 2. The Hall–Kier alpha value is -2.13. The van der Waals surface area contributed by atoms with Crippen LogP contribution in [-0.4, -0.2) is 16.3 Å². The van der Waals surface area contributed by atoms with Crippen LogP contribution in [0, 0.1) is 6.92 Å². The van der Waals surface area contributed by atoms with Gasteiger partial charge in [0.2, 0.25) is 0 Å². The predicted octanol–water partition coefficient (Wildman–Crippen LogP) is 3.76. The molecule has 2 rings (SSSR count). The third kappa shape index (κ3) is 4.94. The van der Waals surface area contributed by atoms with Crippen molar-refractivity contribution in [2.24, 2.45) is 0 Å². The topological polar surface area (TPSA) is 54.4 Å². The SMILES string of the molecule is Cc1ccccc1C(=O)Cl.O=C(O)c1ccccc1. The first-order chi connectivity index (χ1) is 9.02. The van der Waals surface area contributed by atoms with E-state index in [1.54, 1.807) is 42.5 Å². The quantitative estimate of drug-likeness (QED) is 0.850. The van der Waals surface area contributed by atoms with Crippen molar-refractivity contribution in [2.45, 2.75) is 6.92 Å². The first kappa shape index (κ1) is 14.9. The molecule has 0 spiro atoms. The molecule has 0 aliphatic carbocycles. The van der Waals surface area contributed by atoms with Gasteiger partial charge in [0.15, 0.2) is 0 Å². The molecule has 0 aromatic heterocycles. The van der Waals surface area contributed by atoms with Gasteiger partial charge < -0.3 is 5.11 Å². The second kappa shape index (κ2) is 7.34. The second-order valence-corrected chi connectivity index (χ2v) is 4.10. The van der Waals surface area contributed by atoms with Crippen molar-refractivity contribution in [2.75, 3.05) is 0 Å². The lowest BCUT2D eigenvalue weighted by Gasteiger charge is -1.96. The maximum Gasteiger partial charge on any atom is 0.335 e. The van der Waals surface area contributed by atoms with Gasteiger partial charge in [-0.15, -0.1) is 0 Å². The van der Waals surface area contributed by atoms with Crippen molar-refractivity contribution >= 4 is 22.8 Å². The Morgan fingerprint density at radius 1 is 0.947 bits per heavy atom. The average molecular weight is 277 g/mol. The molecule has 0 atom stereocenters. The van der Waals surface area contributed by atoms with E-state index in [4.69, 9.17) is 16.7 Å². The van der Waals surface area contributed by atoms with Gasteiger partial charge >= 0.3 is 5.97 Å². The van der Waals surface area contributed by atoms with E-state index in [1.807, 2.05) is 19.1 Å². The predicted molar refractivity (Wildman–Crippen MR) is 74.8 cm³/mol. The van der Waals surface area contributed by atoms with Crippen molar-refractivity contribution in [1.29, 1.82) is 0 Å². The number of carbonyl (C=O) groups excluding carboxylic acids is 1. The molecule has 0 aliphatic rings. The molecule has 19 heavy (non-hydrogen) atoms. The highest BCUT2D eigenvalue weighted by Crippen LogP contribution is 2.08. The summed E-state index contributed by atoms with van der Waals surface area (Å²) in [5.41, 5.74) is 1.84. The summed E-state index contributed by atoms with van der Waals surface area (Å²) in [5, 5.41) is 7.99. The second-order valence-electron chi connectivity index (χ2n) is 3.76. The summed E-state index contributed by atoms with van der Waals surface area (Å²) in [6.45, 7) is 1.86. The van der Waals surface area contributed by atoms with Crippen LogP contribution in [0.1, 0.15) is 26.3 Å². The van der Waals surface area contributed by atoms with Crippen molar-refractivity contribution in [3.05, 3.63) is 71.3 Å². The van der Waals surface area contributed by atoms with Gasteiger partial charge in [-0.1, -0.05) is 36.4 Å². The lowest BCUT2D eigenvalue weighted by Crippen LogP contribution is -1.93. The summed E-state index contributed by atoms with van der Waals surface area (Å²) in [6.07, 6.45) is 0. The Balaban J connectivity index is 0.000000191. The monoisotopic (exact) mass is 276 g/mol. The van der Waals surface area contributed by atoms with Gasteiger partial charge in [0, 0.05) is 5.56 Å². The van der Waals surface area contributed by atoms with Crippen LogP contribution in [-0.2, 0) is 0 Å². The van der Waals surface area contributed by atoms with Gasteiger partial charge in [-0.2, -0.15) is 0 Å². The molecule has 0 saturated heterocycles. The van der Waals surface area contributed by atoms with E-state index in [-0.39, 0.29) is 0 Å². The molecule has 0 radical (unpaired) electrons. The molecule has 0 bridgehead atoms. The van der Waals surface area contributed by atoms with Crippen LogP contribution >= 0.6 is 11.6 Å². The van der Waals surface area contributed by atoms with Crippen molar-refractivity contribution in [3.63, 3.8) is 0 Å². The third-order valence-electron chi connectivity index (χ3n) is 2.38. The molecule has 0 heterocycles. The van der Waals surface area contributed by atoms with Gasteiger partial charge in [0.05, 0.1) is 5.56 Å². The Bertz CT molecular complexity index is 565. The summed E-state index contributed by atoms with van der Waals surface area (Å²) >= 11 is 5.27. The van der Waals surface area contributed by atoms with E-state index in [9.17, 15) is 9.59 Å². The number of carbonyl (C=O) groups is 2. The number of aryl methyl sites for hydroxylation is 1. The minimum Gasteiger partial charge on any atom is -0.478 e. The molecule has 2 aromatic carbocycles. The Kier molecular flexibility index (Phi) is 5.76. The number of hydrogen-bond acceptors (Lipinski definition) is 2. The zero-order valence-corrected chi connectivity index (χ0v) is 11.1. The smallest absolute Gasteiger partial charge is 0.335 e. The fraction of sp³-hybridized carbons (Fsp3) is 0.0667. The summed E-state index contributed by atoms with van der Waals surface area (Å²) in [4.78, 5) is 20.8. The number of halogens is 1. The average Bonchev–Trinajstić information content (AvgIpc) is 2.40. The summed E-state index contributed by atoms with van der Waals surface area (Å²) in [5.74, 6) is -0.879. The minimum absolute atomic E-state index is 0.331. The number of carboxylic acid groups (broad SMARTS) is 1. The maximum absolute atomic E-state index is 10.6. The third-order valence-corrected chi connectivity index (χ3v) is 2.58. The largest absolute Gasteiger partial charge is 0.478 e. The van der Waals surface area contributed by atoms with Crippen LogP contribution in [0.25, 0.3) is 0 Å². The number of rotatable bonds is 2. The van der Waals surface area contributed by atoms with Crippen LogP contribution in [0.15, 0.2) is 54.6 Å². The lowest BCUT2D eigenvalue weighted by molar-refractivity contribution is 0.0696. The van der Waals surface area contributed by atoms with Gasteiger partial charge in [-0.3, -0.25) is 4.79 Å². The van der Waals surface area contributed by atoms with E-state index in [1.165, 1.54) is 0 Å². The lowest BCUT2D eigenvalue weighted by atomic mass is 10.1. The Morgan fingerprint density at radius 2 is 1.47 bits per heavy atom. The van der Waals surface area contributed by atoms with E-state index in [2.05, 4.69) is 0 Å². The van der Waals surface area contributed by atoms with Crippen LogP contribution in [0.2, 0.25) is 0 Å². The molecule has 4 heteroatoms. The molecule has 0 saturated carbocycles. The number of aromatic carboxylic acids is 1. The molecular formula is C15H13ClO3. The van der Waals surface area contributed by atoms with Crippen LogP contribution in [0.4, 0.5) is 0 Å². The summed E-state index contributed by atoms with van der Waals surface area (Å²) in [6, 6.07) is 15.5. The van der Waals surface area contributed by atoms with Crippen molar-refractivity contribution in [3.8, 4) is 0 Å². The normalized spacial score (nSPS) is 9.16. The van der Waals surface area contributed by atoms with E-state index < -0.39 is 11.2 Å². The fourth-order valence-corrected chi connectivity index (χ4v) is 1.59. The van der Waals surface area contributed by atoms with Crippen LogP contribution < -0.4 is 0 Å². The van der Waals surface area contributed by atoms with Gasteiger partial charge in [-0.05, 0) is 42.3 Å². The minimum atomic E-state index is -0.879. The van der Waals surface area contributed by atoms with Gasteiger partial charge in [-0.25, -0.2) is 4.79 Å². The number of carboxylic acids is 1. The maximum atomic E-state index is 10.6. The van der Waals surface area contributed by atoms with Gasteiger partial charge in [0.25, 0.3) is 5.24 Å². The Morgan fingerprint density at radius 3 is 1.84 bits per heavy atom. The molecule has 0 unspecified atom stereocenters. The molecule has 2 aromatic rings. The summed E-state index contributed by atoms with van der Waals surface area (Å²) in [7, 11) is 0. The molecule has 0 aliphatic heterocycles. The molecular weight excluding hydrogens is 264 g/mol. The van der Waals surface area contributed by atoms with E-state index in [0.717, 1.165) is 5.56 Å². The van der Waals surface area contributed by atoms with E-state index >= 15 is 0 Å².